The molecule has 2 aliphatic heterocycles. The fraction of sp³-hybridized carbons (Fsp3) is 0.750. The van der Waals surface area contributed by atoms with Gasteiger partial charge in [-0.15, -0.1) is 0 Å². The van der Waals surface area contributed by atoms with E-state index in [2.05, 4.69) is 47.2 Å². The molecule has 452 valence electrons. The van der Waals surface area contributed by atoms with Crippen LogP contribution in [0.25, 0.3) is 0 Å². The van der Waals surface area contributed by atoms with E-state index in [4.69, 9.17) is 39.8 Å². The zero-order valence-corrected chi connectivity index (χ0v) is 48.2. The Hall–Kier alpha value is -7.29. The number of nitrogens with zero attached hydrogens (tertiary/aromatic N) is 4. The Labute approximate surface area is 470 Å². The summed E-state index contributed by atoms with van der Waals surface area (Å²) in [6.07, 6.45) is 3.97. The number of hydrogen-bond donors (Lipinski definition) is 14. The Kier molecular flexibility index (Phi) is 29.8. The van der Waals surface area contributed by atoms with Crippen molar-refractivity contribution in [3.05, 3.63) is 0 Å². The van der Waals surface area contributed by atoms with Crippen molar-refractivity contribution in [1.29, 1.82) is 5.41 Å². The number of primary amides is 1. The normalized spacial score (nSPS) is 18.0. The first-order valence-electron chi connectivity index (χ1n) is 28.1. The standard InChI is InChI=1S/C52H94N18O10/c1-9-30(7)41(67-39(71)10-2)48(78)64-33(18-13-23-60-51(56)57)44(74)63-32(17-11-12-22-38(53)54)45(75)68-40(29(5)6)47(77)62-31(8)43(73)65-34(19-14-24-61-52(58)59)49(79)70-26-16-21-37(70)50(80)69-25-15-20-36(69)46(76)66-35(42(55)72)27-28(3)4/h28-37,40-41H,9-27H2,1-8H3,(H3,53,54)(H2,55,72)(H,62,77)(H,63,74)(H,64,78)(H,65,73)(H,66,76)(H,67,71)(H,68,75)(H4,56,57,60)(H4,58,59,61)/t30?,31-,32-,33-,34-,35-,36?,37?,40-,41-/m0/s1. The SMILES string of the molecule is CCC(=O)N[C@H](C(=O)N[C@@H](CCCN=C(N)N)C(=O)N[C@@H](CCCCC(=N)N)C(=O)N[C@H](C(=O)N[C@@H](C)C(=O)N[C@@H](CCCN=C(N)N)C(=O)N1CCCC1C(=O)N1CCCC1C(=O)N[C@@H](CC(C)C)C(N)=O)C(C)C)C(C)CC. The quantitative estimate of drug-likeness (QED) is 0.0179. The molecule has 2 heterocycles. The monoisotopic (exact) mass is 1130 g/mol. The molecule has 0 aromatic heterocycles. The minimum Gasteiger partial charge on any atom is -0.388 e. The van der Waals surface area contributed by atoms with Gasteiger partial charge in [0.1, 0.15) is 54.4 Å². The van der Waals surface area contributed by atoms with Crippen molar-refractivity contribution >= 4 is 76.8 Å². The van der Waals surface area contributed by atoms with Gasteiger partial charge in [-0.3, -0.25) is 63.3 Å². The summed E-state index contributed by atoms with van der Waals surface area (Å²) < 4.78 is 0. The largest absolute Gasteiger partial charge is 0.388 e. The van der Waals surface area contributed by atoms with E-state index >= 15 is 0 Å². The lowest BCUT2D eigenvalue weighted by Crippen LogP contribution is -2.61. The molecule has 0 aromatic rings. The van der Waals surface area contributed by atoms with Gasteiger partial charge in [-0.2, -0.15) is 0 Å². The van der Waals surface area contributed by atoms with Crippen molar-refractivity contribution in [3.63, 3.8) is 0 Å². The molecule has 80 heavy (non-hydrogen) atoms. The molecule has 2 aliphatic rings. The Balaban J connectivity index is 2.38. The van der Waals surface area contributed by atoms with Crippen LogP contribution in [0.15, 0.2) is 9.98 Å². The number of hydrogen-bond acceptors (Lipinski definition) is 13. The molecule has 2 fully saturated rings. The zero-order chi connectivity index (χ0) is 60.4. The van der Waals surface area contributed by atoms with Gasteiger partial charge in [-0.25, -0.2) is 0 Å². The molecule has 0 aliphatic carbocycles. The maximum atomic E-state index is 14.5. The average molecular weight is 1130 g/mol. The average Bonchev–Trinajstić information content (AvgIpc) is 4.10. The molecule has 10 atom stereocenters. The van der Waals surface area contributed by atoms with E-state index in [1.807, 2.05) is 20.8 Å². The number of unbranched alkanes of at least 4 members (excludes halogenated alkanes) is 1. The zero-order valence-electron chi connectivity index (χ0n) is 48.2. The fourth-order valence-electron chi connectivity index (χ4n) is 9.40. The van der Waals surface area contributed by atoms with Crippen molar-refractivity contribution in [2.24, 2.45) is 62.1 Å². The lowest BCUT2D eigenvalue weighted by Gasteiger charge is -2.33. The third-order valence-electron chi connectivity index (χ3n) is 14.1. The van der Waals surface area contributed by atoms with Gasteiger partial charge in [0.15, 0.2) is 11.9 Å². The summed E-state index contributed by atoms with van der Waals surface area (Å²) >= 11 is 0. The van der Waals surface area contributed by atoms with Gasteiger partial charge >= 0.3 is 0 Å². The molecule has 0 saturated carbocycles. The number of rotatable bonds is 35. The molecule has 2 rings (SSSR count). The van der Waals surface area contributed by atoms with E-state index in [1.165, 1.54) is 16.7 Å². The summed E-state index contributed by atoms with van der Waals surface area (Å²) in [5.41, 5.74) is 33.3. The first-order chi connectivity index (χ1) is 37.6. The molecule has 20 N–H and O–H groups in total. The van der Waals surface area contributed by atoms with Gasteiger partial charge in [0.25, 0.3) is 0 Å². The molecular formula is C52H94N18O10. The fourth-order valence-corrected chi connectivity index (χ4v) is 9.40. The van der Waals surface area contributed by atoms with Crippen LogP contribution in [0.3, 0.4) is 0 Å². The van der Waals surface area contributed by atoms with Crippen LogP contribution >= 0.6 is 0 Å². The van der Waals surface area contributed by atoms with Crippen molar-refractivity contribution in [2.75, 3.05) is 26.2 Å². The molecular weight excluding hydrogens is 1040 g/mol. The maximum Gasteiger partial charge on any atom is 0.246 e. The number of aliphatic imine (C=N–C) groups is 2. The third-order valence-corrected chi connectivity index (χ3v) is 14.1. The summed E-state index contributed by atoms with van der Waals surface area (Å²) in [5.74, 6) is -7.58. The molecule has 3 unspecified atom stereocenters. The molecule has 0 bridgehead atoms. The number of carbonyl (C=O) groups excluding carboxylic acids is 10. The van der Waals surface area contributed by atoms with E-state index in [0.29, 0.717) is 44.9 Å². The first kappa shape index (κ1) is 68.8. The predicted molar refractivity (Wildman–Crippen MR) is 302 cm³/mol. The second-order valence-corrected chi connectivity index (χ2v) is 21.6. The number of carbonyl (C=O) groups is 10. The molecule has 28 nitrogen and oxygen atoms in total. The van der Waals surface area contributed by atoms with E-state index < -0.39 is 113 Å². The van der Waals surface area contributed by atoms with Crippen LogP contribution in [0.4, 0.5) is 0 Å². The topological polar surface area (TPSA) is 466 Å². The van der Waals surface area contributed by atoms with Gasteiger partial charge in [0.2, 0.25) is 59.1 Å². The van der Waals surface area contributed by atoms with Crippen LogP contribution in [0.2, 0.25) is 0 Å². The summed E-state index contributed by atoms with van der Waals surface area (Å²) in [6.45, 7) is 14.4. The van der Waals surface area contributed by atoms with Gasteiger partial charge in [0.05, 0.1) is 5.84 Å². The molecule has 2 saturated heterocycles. The van der Waals surface area contributed by atoms with Crippen molar-refractivity contribution in [2.45, 2.75) is 206 Å². The van der Waals surface area contributed by atoms with Crippen LogP contribution in [0, 0.1) is 23.2 Å². The smallest absolute Gasteiger partial charge is 0.246 e. The summed E-state index contributed by atoms with van der Waals surface area (Å²) in [4.78, 5) is 148. The first-order valence-corrected chi connectivity index (χ1v) is 28.1. The van der Waals surface area contributed by atoms with Gasteiger partial charge in [0, 0.05) is 39.0 Å². The second-order valence-electron chi connectivity index (χ2n) is 21.6. The highest BCUT2D eigenvalue weighted by Gasteiger charge is 2.44. The summed E-state index contributed by atoms with van der Waals surface area (Å²) in [6, 6.07) is -10.1. The van der Waals surface area contributed by atoms with E-state index in [-0.39, 0.29) is 113 Å². The van der Waals surface area contributed by atoms with Crippen LogP contribution in [-0.4, -0.2) is 167 Å². The highest BCUT2D eigenvalue weighted by Crippen LogP contribution is 2.27. The van der Waals surface area contributed by atoms with E-state index in [0.717, 1.165) is 0 Å². The lowest BCUT2D eigenvalue weighted by atomic mass is 9.97. The van der Waals surface area contributed by atoms with E-state index in [9.17, 15) is 47.9 Å². The van der Waals surface area contributed by atoms with Crippen molar-refractivity contribution < 1.29 is 47.9 Å². The predicted octanol–water partition coefficient (Wildman–Crippen LogP) is -2.37. The second kappa shape index (κ2) is 34.7. The molecule has 10 amide bonds. The Bertz CT molecular complexity index is 2200. The molecule has 0 radical (unpaired) electrons. The number of likely N-dealkylation sites (tertiary alicyclic amines) is 2. The van der Waals surface area contributed by atoms with Crippen LogP contribution in [-0.2, 0) is 47.9 Å². The molecule has 0 spiro atoms. The van der Waals surface area contributed by atoms with Gasteiger partial charge < -0.3 is 81.4 Å². The molecule has 0 aromatic carbocycles. The Morgan fingerprint density at radius 2 is 1.07 bits per heavy atom. The highest BCUT2D eigenvalue weighted by molar-refractivity contribution is 5.99. The number of amides is 10. The minimum absolute atomic E-state index is 0.0252. The van der Waals surface area contributed by atoms with Gasteiger partial charge in [-0.1, -0.05) is 61.3 Å². The third kappa shape index (κ3) is 23.2. The number of guanidine groups is 2. The number of amidine groups is 1. The van der Waals surface area contributed by atoms with E-state index in [1.54, 1.807) is 27.7 Å². The highest BCUT2D eigenvalue weighted by atomic mass is 16.2. The number of nitrogens with one attached hydrogen (secondary N) is 8. The van der Waals surface area contributed by atoms with Crippen LogP contribution in [0.5, 0.6) is 0 Å². The minimum atomic E-state index is -1.29. The molecule has 28 heteroatoms. The maximum absolute atomic E-state index is 14.5. The van der Waals surface area contributed by atoms with Crippen LogP contribution in [0.1, 0.15) is 152 Å². The van der Waals surface area contributed by atoms with Crippen LogP contribution < -0.4 is 71.6 Å². The Morgan fingerprint density at radius 1 is 0.562 bits per heavy atom. The van der Waals surface area contributed by atoms with Crippen molar-refractivity contribution in [3.8, 4) is 0 Å². The summed E-state index contributed by atoms with van der Waals surface area (Å²) in [7, 11) is 0. The Morgan fingerprint density at radius 3 is 1.60 bits per heavy atom. The van der Waals surface area contributed by atoms with Crippen molar-refractivity contribution in [1.82, 2.24) is 47.0 Å². The lowest BCUT2D eigenvalue weighted by molar-refractivity contribution is -0.148. The van der Waals surface area contributed by atoms with Gasteiger partial charge in [-0.05, 0) is 95.3 Å². The summed E-state index contributed by atoms with van der Waals surface area (Å²) in [5, 5.41) is 26.7. The number of nitrogens with two attached hydrogens (primary N) is 6.